The van der Waals surface area contributed by atoms with Crippen molar-refractivity contribution in [1.29, 1.82) is 0 Å². The summed E-state index contributed by atoms with van der Waals surface area (Å²) >= 11 is 0. The highest BCUT2D eigenvalue weighted by Crippen LogP contribution is 2.32. The molecular formula is C21H21NO7. The normalized spacial score (nSPS) is 12.4. The molecule has 0 atom stereocenters. The summed E-state index contributed by atoms with van der Waals surface area (Å²) in [6, 6.07) is 10.4. The molecule has 0 radical (unpaired) electrons. The van der Waals surface area contributed by atoms with Gasteiger partial charge in [-0.15, -0.1) is 0 Å². The number of Topliss-reactive ketones (excluding diaryl/α,β-unsaturated/α-hetero) is 1. The third-order valence-electron chi connectivity index (χ3n) is 4.25. The molecule has 0 bridgehead atoms. The zero-order chi connectivity index (χ0) is 20.8. The Hall–Kier alpha value is -3.55. The van der Waals surface area contributed by atoms with Crippen molar-refractivity contribution < 1.29 is 33.4 Å². The molecule has 2 aromatic carbocycles. The molecule has 0 spiro atoms. The summed E-state index contributed by atoms with van der Waals surface area (Å²) in [6.07, 6.45) is 0. The lowest BCUT2D eigenvalue weighted by molar-refractivity contribution is -0.150. The quantitative estimate of drug-likeness (QED) is 0.291. The minimum Gasteiger partial charge on any atom is -0.496 e. The summed E-state index contributed by atoms with van der Waals surface area (Å²) in [5, 5.41) is 3.94. The van der Waals surface area contributed by atoms with Crippen LogP contribution in [-0.2, 0) is 21.0 Å². The molecule has 0 saturated carbocycles. The molecule has 8 nitrogen and oxygen atoms in total. The van der Waals surface area contributed by atoms with E-state index < -0.39 is 5.97 Å². The molecule has 0 aliphatic carbocycles. The lowest BCUT2D eigenvalue weighted by atomic mass is 10.1. The zero-order valence-corrected chi connectivity index (χ0v) is 16.4. The van der Waals surface area contributed by atoms with E-state index in [1.54, 1.807) is 37.3 Å². The van der Waals surface area contributed by atoms with E-state index in [9.17, 15) is 9.59 Å². The van der Waals surface area contributed by atoms with Crippen LogP contribution in [0.2, 0.25) is 0 Å². The van der Waals surface area contributed by atoms with E-state index in [-0.39, 0.29) is 25.8 Å². The van der Waals surface area contributed by atoms with Gasteiger partial charge < -0.3 is 23.8 Å². The van der Waals surface area contributed by atoms with Crippen LogP contribution in [0.5, 0.6) is 17.2 Å². The van der Waals surface area contributed by atoms with E-state index in [0.29, 0.717) is 34.1 Å². The number of hydrogen-bond acceptors (Lipinski definition) is 8. The number of benzene rings is 2. The molecule has 152 valence electrons. The van der Waals surface area contributed by atoms with E-state index >= 15 is 0 Å². The van der Waals surface area contributed by atoms with E-state index in [0.717, 1.165) is 5.56 Å². The van der Waals surface area contributed by atoms with Crippen molar-refractivity contribution >= 4 is 17.5 Å². The summed E-state index contributed by atoms with van der Waals surface area (Å²) in [5.74, 6) is 1.16. The summed E-state index contributed by atoms with van der Waals surface area (Å²) in [4.78, 5) is 28.6. The summed E-state index contributed by atoms with van der Waals surface area (Å²) in [7, 11) is 1.50. The average molecular weight is 399 g/mol. The fourth-order valence-corrected chi connectivity index (χ4v) is 2.67. The number of nitrogens with zero attached hydrogens (tertiary/aromatic N) is 1. The van der Waals surface area contributed by atoms with Gasteiger partial charge in [0, 0.05) is 16.7 Å². The molecule has 0 saturated heterocycles. The van der Waals surface area contributed by atoms with Gasteiger partial charge in [-0.05, 0) is 50.2 Å². The number of carbonyl (C=O) groups is 2. The number of oxime groups is 1. The van der Waals surface area contributed by atoms with Crippen LogP contribution in [0.4, 0.5) is 0 Å². The molecule has 1 aliphatic rings. The third-order valence-corrected chi connectivity index (χ3v) is 4.25. The Morgan fingerprint density at radius 2 is 1.79 bits per heavy atom. The first-order chi connectivity index (χ1) is 14.0. The maximum absolute atomic E-state index is 11.9. The highest BCUT2D eigenvalue weighted by atomic mass is 16.7. The van der Waals surface area contributed by atoms with Crippen LogP contribution >= 0.6 is 0 Å². The minimum absolute atomic E-state index is 0.0443. The van der Waals surface area contributed by atoms with Crippen LogP contribution in [0, 0.1) is 0 Å². The van der Waals surface area contributed by atoms with Crippen molar-refractivity contribution in [3.8, 4) is 17.2 Å². The van der Waals surface area contributed by atoms with Crippen LogP contribution in [0.15, 0.2) is 41.6 Å². The first-order valence-electron chi connectivity index (χ1n) is 8.88. The number of ketones is 1. The Labute approximate surface area is 168 Å². The number of ether oxygens (including phenoxy) is 4. The van der Waals surface area contributed by atoms with Crippen molar-refractivity contribution in [3.05, 3.63) is 53.1 Å². The fraction of sp³-hybridized carbons (Fsp3) is 0.286. The topological polar surface area (TPSA) is 92.7 Å². The number of rotatable bonds is 8. The Bertz CT molecular complexity index is 952. The van der Waals surface area contributed by atoms with Crippen LogP contribution in [0.3, 0.4) is 0 Å². The molecule has 0 aromatic heterocycles. The van der Waals surface area contributed by atoms with Crippen LogP contribution in [-0.4, -0.2) is 38.0 Å². The second-order valence-corrected chi connectivity index (χ2v) is 6.26. The third kappa shape index (κ3) is 5.04. The van der Waals surface area contributed by atoms with Gasteiger partial charge in [-0.2, -0.15) is 0 Å². The monoisotopic (exact) mass is 399 g/mol. The van der Waals surface area contributed by atoms with Gasteiger partial charge in [-0.3, -0.25) is 4.79 Å². The molecule has 8 heteroatoms. The number of esters is 1. The summed E-state index contributed by atoms with van der Waals surface area (Å²) < 4.78 is 21.0. The predicted molar refractivity (Wildman–Crippen MR) is 104 cm³/mol. The number of methoxy groups -OCH3 is 1. The van der Waals surface area contributed by atoms with E-state index in [4.69, 9.17) is 23.8 Å². The van der Waals surface area contributed by atoms with Crippen molar-refractivity contribution in [3.63, 3.8) is 0 Å². The van der Waals surface area contributed by atoms with E-state index in [1.807, 2.05) is 6.07 Å². The molecule has 0 amide bonds. The number of fused-ring (bicyclic) bond motifs is 1. The second-order valence-electron chi connectivity index (χ2n) is 6.26. The lowest BCUT2D eigenvalue weighted by Crippen LogP contribution is -2.12. The van der Waals surface area contributed by atoms with Crippen LogP contribution in [0.1, 0.15) is 35.3 Å². The zero-order valence-electron chi connectivity index (χ0n) is 16.4. The Morgan fingerprint density at radius 3 is 2.55 bits per heavy atom. The first kappa shape index (κ1) is 20.2. The van der Waals surface area contributed by atoms with Gasteiger partial charge >= 0.3 is 5.97 Å². The Morgan fingerprint density at radius 1 is 1.03 bits per heavy atom. The summed E-state index contributed by atoms with van der Waals surface area (Å²) in [5.41, 5.74) is 2.46. The molecule has 2 aromatic rings. The predicted octanol–water partition coefficient (Wildman–Crippen LogP) is 3.11. The van der Waals surface area contributed by atoms with Crippen LogP contribution in [0.25, 0.3) is 0 Å². The molecule has 3 rings (SSSR count). The van der Waals surface area contributed by atoms with Gasteiger partial charge in [0.2, 0.25) is 13.4 Å². The number of carbonyl (C=O) groups excluding carboxylic acids is 2. The molecule has 1 heterocycles. The van der Waals surface area contributed by atoms with Crippen molar-refractivity contribution in [2.24, 2.45) is 5.16 Å². The SMILES string of the molecule is COc1ccc(C(C)=O)cc1COC(=O)CON=C(C)c1ccc2c(c1)OCO2. The first-order valence-corrected chi connectivity index (χ1v) is 8.88. The molecule has 1 aliphatic heterocycles. The Kier molecular flexibility index (Phi) is 6.33. The highest BCUT2D eigenvalue weighted by Gasteiger charge is 2.14. The van der Waals surface area contributed by atoms with Gasteiger partial charge in [0.25, 0.3) is 0 Å². The molecule has 29 heavy (non-hydrogen) atoms. The van der Waals surface area contributed by atoms with E-state index in [2.05, 4.69) is 5.16 Å². The van der Waals surface area contributed by atoms with Crippen LogP contribution < -0.4 is 14.2 Å². The maximum Gasteiger partial charge on any atom is 0.347 e. The minimum atomic E-state index is -0.595. The van der Waals surface area contributed by atoms with E-state index in [1.165, 1.54) is 14.0 Å². The van der Waals surface area contributed by atoms with Crippen molar-refractivity contribution in [2.45, 2.75) is 20.5 Å². The van der Waals surface area contributed by atoms with Gasteiger partial charge in [0.1, 0.15) is 12.4 Å². The molecule has 0 fully saturated rings. The standard InChI is InChI=1S/C21H21NO7/c1-13(15-4-7-19-20(9-15)28-12-27-19)22-29-11-21(24)26-10-17-8-16(14(2)23)5-6-18(17)25-3/h4-9H,10-12H2,1-3H3. The number of hydrogen-bond donors (Lipinski definition) is 0. The van der Waals surface area contributed by atoms with Crippen molar-refractivity contribution in [2.75, 3.05) is 20.5 Å². The molecule has 0 unspecified atom stereocenters. The largest absolute Gasteiger partial charge is 0.496 e. The van der Waals surface area contributed by atoms with Gasteiger partial charge in [-0.25, -0.2) is 4.79 Å². The second kappa shape index (κ2) is 9.09. The van der Waals surface area contributed by atoms with Gasteiger partial charge in [-0.1, -0.05) is 5.16 Å². The molecule has 0 N–H and O–H groups in total. The van der Waals surface area contributed by atoms with Crippen molar-refractivity contribution in [1.82, 2.24) is 0 Å². The summed E-state index contributed by atoms with van der Waals surface area (Å²) in [6.45, 7) is 3.01. The van der Waals surface area contributed by atoms with Gasteiger partial charge in [0.05, 0.1) is 12.8 Å². The van der Waals surface area contributed by atoms with Gasteiger partial charge in [0.15, 0.2) is 17.3 Å². The highest BCUT2D eigenvalue weighted by molar-refractivity contribution is 5.99. The average Bonchev–Trinajstić information content (AvgIpc) is 3.19. The Balaban J connectivity index is 1.53. The maximum atomic E-state index is 11.9. The lowest BCUT2D eigenvalue weighted by Gasteiger charge is -2.10. The smallest absolute Gasteiger partial charge is 0.347 e. The fourth-order valence-electron chi connectivity index (χ4n) is 2.67. The molecular weight excluding hydrogens is 378 g/mol.